The van der Waals surface area contributed by atoms with Crippen molar-refractivity contribution in [2.45, 2.75) is 52.6 Å². The molecule has 0 unspecified atom stereocenters. The van der Waals surface area contributed by atoms with Crippen LogP contribution in [0.3, 0.4) is 0 Å². The first-order chi connectivity index (χ1) is 5.16. The van der Waals surface area contributed by atoms with Gasteiger partial charge in [-0.15, -0.1) is 0 Å². The van der Waals surface area contributed by atoms with E-state index in [4.69, 9.17) is 4.74 Å². The number of hydrogen-bond donors (Lipinski definition) is 0. The van der Waals surface area contributed by atoms with Crippen molar-refractivity contribution < 1.29 is 29.0 Å². The molecule has 0 atom stereocenters. The average Bonchev–Trinajstić information content (AvgIpc) is 1.86. The van der Waals surface area contributed by atoms with Gasteiger partial charge < -0.3 is 4.74 Å². The van der Waals surface area contributed by atoms with Crippen LogP contribution in [0.2, 0.25) is 0 Å². The number of unbranched alkanes of at least 4 members (excludes halogenated alkanes) is 2. The molecule has 0 heterocycles. The Morgan fingerprint density at radius 1 is 1.33 bits per heavy atom. The normalized spacial score (nSPS) is 9.33. The van der Waals surface area contributed by atoms with E-state index in [9.17, 15) is 4.79 Å². The number of rotatable bonds is 5. The van der Waals surface area contributed by atoms with Crippen LogP contribution >= 0.6 is 0 Å². The molecule has 0 aliphatic heterocycles. The predicted octanol–water partition coefficient (Wildman–Crippen LogP) is 2.52. The number of carbonyl (C=O) groups excluding carboxylic acids is 1. The van der Waals surface area contributed by atoms with Gasteiger partial charge in [0, 0.05) is 25.9 Å². The van der Waals surface area contributed by atoms with E-state index in [1.807, 2.05) is 13.8 Å². The molecule has 0 radical (unpaired) electrons. The van der Waals surface area contributed by atoms with Crippen LogP contribution in [0.15, 0.2) is 0 Å². The van der Waals surface area contributed by atoms with Gasteiger partial charge in [-0.05, 0) is 20.3 Å². The Hall–Kier alpha value is 0.0934. The average molecular weight is 224 g/mol. The summed E-state index contributed by atoms with van der Waals surface area (Å²) in [6, 6.07) is 0. The maximum absolute atomic E-state index is 10.9. The second-order valence-corrected chi connectivity index (χ2v) is 3.00. The van der Waals surface area contributed by atoms with Crippen LogP contribution in [0.25, 0.3) is 0 Å². The number of ether oxygens (including phenoxy) is 1. The molecular formula is C9H18O2Zn. The zero-order chi connectivity index (χ0) is 8.69. The third kappa shape index (κ3) is 10.1. The Morgan fingerprint density at radius 3 is 2.33 bits per heavy atom. The Labute approximate surface area is 87.8 Å². The van der Waals surface area contributed by atoms with Crippen LogP contribution in [-0.4, -0.2) is 12.1 Å². The molecule has 0 aliphatic carbocycles. The van der Waals surface area contributed by atoms with Crippen molar-refractivity contribution in [3.05, 3.63) is 0 Å². The first-order valence-corrected chi connectivity index (χ1v) is 4.36. The van der Waals surface area contributed by atoms with Crippen molar-refractivity contribution in [1.29, 1.82) is 0 Å². The monoisotopic (exact) mass is 222 g/mol. The maximum Gasteiger partial charge on any atom is 0.306 e. The van der Waals surface area contributed by atoms with E-state index in [1.165, 1.54) is 0 Å². The van der Waals surface area contributed by atoms with Crippen LogP contribution in [0.5, 0.6) is 0 Å². The van der Waals surface area contributed by atoms with Crippen LogP contribution in [-0.2, 0) is 29.0 Å². The van der Waals surface area contributed by atoms with E-state index >= 15 is 0 Å². The van der Waals surface area contributed by atoms with Gasteiger partial charge in [-0.3, -0.25) is 4.79 Å². The van der Waals surface area contributed by atoms with Gasteiger partial charge in [-0.1, -0.05) is 19.8 Å². The summed E-state index contributed by atoms with van der Waals surface area (Å²) in [6.45, 7) is 5.86. The SMILES string of the molecule is CCCCCC(=O)OC(C)C.[Zn]. The topological polar surface area (TPSA) is 26.3 Å². The minimum atomic E-state index is -0.0616. The molecule has 0 aromatic carbocycles. The van der Waals surface area contributed by atoms with Gasteiger partial charge in [0.1, 0.15) is 0 Å². The number of carbonyl (C=O) groups is 1. The van der Waals surface area contributed by atoms with Crippen LogP contribution in [0.1, 0.15) is 46.5 Å². The molecule has 0 rings (SSSR count). The fourth-order valence-electron chi connectivity index (χ4n) is 0.841. The summed E-state index contributed by atoms with van der Waals surface area (Å²) in [4.78, 5) is 10.9. The summed E-state index contributed by atoms with van der Waals surface area (Å²) in [7, 11) is 0. The van der Waals surface area contributed by atoms with E-state index in [1.54, 1.807) is 0 Å². The standard InChI is InChI=1S/C9H18O2.Zn/c1-4-5-6-7-9(10)11-8(2)3;/h8H,4-7H2,1-3H3;. The first kappa shape index (κ1) is 14.6. The molecule has 0 bridgehead atoms. The molecule has 0 amide bonds. The quantitative estimate of drug-likeness (QED) is 0.407. The smallest absolute Gasteiger partial charge is 0.306 e. The van der Waals surface area contributed by atoms with Crippen LogP contribution < -0.4 is 0 Å². The fourth-order valence-corrected chi connectivity index (χ4v) is 0.841. The molecule has 0 fully saturated rings. The summed E-state index contributed by atoms with van der Waals surface area (Å²) in [6.07, 6.45) is 3.83. The predicted molar refractivity (Wildman–Crippen MR) is 45.4 cm³/mol. The molecule has 12 heavy (non-hydrogen) atoms. The van der Waals surface area contributed by atoms with E-state index in [0.717, 1.165) is 19.3 Å². The molecular weight excluding hydrogens is 205 g/mol. The number of esters is 1. The van der Waals surface area contributed by atoms with Gasteiger partial charge in [-0.2, -0.15) is 0 Å². The first-order valence-electron chi connectivity index (χ1n) is 4.36. The molecule has 0 saturated carbocycles. The van der Waals surface area contributed by atoms with Crippen molar-refractivity contribution in [2.24, 2.45) is 0 Å². The van der Waals surface area contributed by atoms with E-state index < -0.39 is 0 Å². The summed E-state index contributed by atoms with van der Waals surface area (Å²) < 4.78 is 4.96. The largest absolute Gasteiger partial charge is 0.463 e. The number of hydrogen-bond acceptors (Lipinski definition) is 2. The van der Waals surface area contributed by atoms with Gasteiger partial charge in [0.2, 0.25) is 0 Å². The zero-order valence-electron chi connectivity index (χ0n) is 8.43. The van der Waals surface area contributed by atoms with Crippen molar-refractivity contribution in [1.82, 2.24) is 0 Å². The molecule has 0 spiro atoms. The molecule has 0 aromatic rings. The Balaban J connectivity index is 0. The summed E-state index contributed by atoms with van der Waals surface area (Å²) >= 11 is 0. The van der Waals surface area contributed by atoms with Gasteiger partial charge in [0.05, 0.1) is 6.10 Å². The molecule has 3 heteroatoms. The van der Waals surface area contributed by atoms with E-state index in [0.29, 0.717) is 6.42 Å². The maximum atomic E-state index is 10.9. The fraction of sp³-hybridized carbons (Fsp3) is 0.889. The second-order valence-electron chi connectivity index (χ2n) is 3.00. The van der Waals surface area contributed by atoms with Crippen molar-refractivity contribution in [3.63, 3.8) is 0 Å². The Kier molecular flexibility index (Phi) is 11.2. The molecule has 0 aromatic heterocycles. The van der Waals surface area contributed by atoms with Crippen molar-refractivity contribution in [3.8, 4) is 0 Å². The van der Waals surface area contributed by atoms with Crippen molar-refractivity contribution >= 4 is 5.97 Å². The molecule has 0 saturated heterocycles. The molecule has 68 valence electrons. The second kappa shape index (κ2) is 9.18. The van der Waals surface area contributed by atoms with Crippen LogP contribution in [0.4, 0.5) is 0 Å². The van der Waals surface area contributed by atoms with Gasteiger partial charge in [0.25, 0.3) is 0 Å². The minimum absolute atomic E-state index is 0. The molecule has 2 nitrogen and oxygen atoms in total. The summed E-state index contributed by atoms with van der Waals surface area (Å²) in [5.74, 6) is -0.0616. The molecule has 0 aliphatic rings. The third-order valence-electron chi connectivity index (χ3n) is 1.35. The Morgan fingerprint density at radius 2 is 1.92 bits per heavy atom. The van der Waals surface area contributed by atoms with Crippen molar-refractivity contribution in [2.75, 3.05) is 0 Å². The van der Waals surface area contributed by atoms with E-state index in [-0.39, 0.29) is 31.6 Å². The van der Waals surface area contributed by atoms with Gasteiger partial charge in [-0.25, -0.2) is 0 Å². The zero-order valence-corrected chi connectivity index (χ0v) is 11.4. The Bertz CT molecular complexity index is 113. The third-order valence-corrected chi connectivity index (χ3v) is 1.35. The van der Waals surface area contributed by atoms with Gasteiger partial charge in [0.15, 0.2) is 0 Å². The minimum Gasteiger partial charge on any atom is -0.463 e. The van der Waals surface area contributed by atoms with E-state index in [2.05, 4.69) is 6.92 Å². The summed E-state index contributed by atoms with van der Waals surface area (Å²) in [5.41, 5.74) is 0. The summed E-state index contributed by atoms with van der Waals surface area (Å²) in [5, 5.41) is 0. The van der Waals surface area contributed by atoms with Gasteiger partial charge >= 0.3 is 5.97 Å². The molecule has 0 N–H and O–H groups in total. The van der Waals surface area contributed by atoms with Crippen LogP contribution in [0, 0.1) is 0 Å².